The minimum atomic E-state index is -4.00. The summed E-state index contributed by atoms with van der Waals surface area (Å²) in [5.74, 6) is 0. The molecule has 15 heavy (non-hydrogen) atoms. The molecular formula is C7H6INO5P+. The van der Waals surface area contributed by atoms with Crippen molar-refractivity contribution in [2.24, 2.45) is 0 Å². The number of nitrogens with zero attached hydrogens (tertiary/aromatic N) is 1. The van der Waals surface area contributed by atoms with Crippen LogP contribution in [0.15, 0.2) is 18.2 Å². The van der Waals surface area contributed by atoms with Crippen LogP contribution in [-0.4, -0.2) is 15.0 Å². The lowest BCUT2D eigenvalue weighted by molar-refractivity contribution is -0.444. The summed E-state index contributed by atoms with van der Waals surface area (Å²) in [6.45, 7) is 0. The first-order chi connectivity index (χ1) is 7.01. The van der Waals surface area contributed by atoms with E-state index in [0.29, 0.717) is 3.57 Å². The Morgan fingerprint density at radius 1 is 1.40 bits per heavy atom. The number of halogens is 1. The molecular weight excluding hydrogens is 336 g/mol. The summed E-state index contributed by atoms with van der Waals surface area (Å²) >= 11 is 1.84. The summed E-state index contributed by atoms with van der Waals surface area (Å²) in [4.78, 5) is 18.9. The van der Waals surface area contributed by atoms with Crippen LogP contribution in [0.5, 0.6) is 0 Å². The van der Waals surface area contributed by atoms with Gasteiger partial charge in [-0.25, -0.2) is 5.26 Å². The predicted octanol–water partition coefficient (Wildman–Crippen LogP) is 0.957. The zero-order valence-electron chi connectivity index (χ0n) is 7.16. The molecule has 0 unspecified atom stereocenters. The molecule has 0 radical (unpaired) electrons. The lowest BCUT2D eigenvalue weighted by Gasteiger charge is -2.08. The van der Waals surface area contributed by atoms with Gasteiger partial charge in [0.1, 0.15) is 0 Å². The SMILES string of the molecule is N#Cc1ccc(I)c([P+](O)(O)OOO)c1. The standard InChI is InChI=1S/C7H5INO5P/c8-6-2-1-5(4-9)3-7(6)15(11,12)14-13-10/h1-3,11-12H/p+1. The molecule has 0 heterocycles. The Kier molecular flexibility index (Phi) is 4.36. The van der Waals surface area contributed by atoms with Gasteiger partial charge in [0.15, 0.2) is 5.30 Å². The summed E-state index contributed by atoms with van der Waals surface area (Å²) in [5.41, 5.74) is 0.249. The monoisotopic (exact) mass is 342 g/mol. The Labute approximate surface area is 99.3 Å². The molecule has 80 valence electrons. The molecule has 0 fully saturated rings. The Balaban J connectivity index is 3.18. The molecule has 0 spiro atoms. The van der Waals surface area contributed by atoms with Gasteiger partial charge in [0.2, 0.25) is 0 Å². The summed E-state index contributed by atoms with van der Waals surface area (Å²) in [7, 11) is -4.00. The second-order valence-corrected chi connectivity index (χ2v) is 5.35. The van der Waals surface area contributed by atoms with Crippen LogP contribution >= 0.6 is 30.5 Å². The van der Waals surface area contributed by atoms with E-state index in [2.05, 4.69) is 9.71 Å². The van der Waals surface area contributed by atoms with Crippen molar-refractivity contribution < 1.29 is 24.8 Å². The smallest absolute Gasteiger partial charge is 0.218 e. The molecule has 3 N–H and O–H groups in total. The lowest BCUT2D eigenvalue weighted by atomic mass is 10.2. The summed E-state index contributed by atoms with van der Waals surface area (Å²) in [6.07, 6.45) is 0. The van der Waals surface area contributed by atoms with Gasteiger partial charge in [-0.2, -0.15) is 15.0 Å². The highest BCUT2D eigenvalue weighted by Gasteiger charge is 2.44. The number of hydrogen-bond donors (Lipinski definition) is 3. The van der Waals surface area contributed by atoms with Gasteiger partial charge in [0.05, 0.1) is 15.2 Å². The molecule has 0 bridgehead atoms. The number of rotatable bonds is 3. The van der Waals surface area contributed by atoms with Gasteiger partial charge in [-0.1, -0.05) is 0 Å². The van der Waals surface area contributed by atoms with Crippen LogP contribution in [0.3, 0.4) is 0 Å². The summed E-state index contributed by atoms with van der Waals surface area (Å²) in [6, 6.07) is 6.14. The van der Waals surface area contributed by atoms with Crippen molar-refractivity contribution in [2.45, 2.75) is 0 Å². The molecule has 0 amide bonds. The van der Waals surface area contributed by atoms with E-state index in [1.165, 1.54) is 18.2 Å². The first kappa shape index (κ1) is 12.7. The van der Waals surface area contributed by atoms with Crippen molar-refractivity contribution in [3.63, 3.8) is 0 Å². The maximum atomic E-state index is 9.43. The van der Waals surface area contributed by atoms with Crippen LogP contribution < -0.4 is 5.30 Å². The molecule has 1 rings (SSSR count). The fraction of sp³-hybridized carbons (Fsp3) is 0. The van der Waals surface area contributed by atoms with Crippen molar-refractivity contribution >= 4 is 35.8 Å². The van der Waals surface area contributed by atoms with Crippen LogP contribution in [0, 0.1) is 14.9 Å². The van der Waals surface area contributed by atoms with Crippen LogP contribution in [0.2, 0.25) is 0 Å². The third-order valence-electron chi connectivity index (χ3n) is 1.53. The molecule has 6 nitrogen and oxygen atoms in total. The maximum Gasteiger partial charge on any atom is 0.486 e. The third-order valence-corrected chi connectivity index (χ3v) is 4.17. The van der Waals surface area contributed by atoms with Crippen molar-refractivity contribution in [2.75, 3.05) is 0 Å². The van der Waals surface area contributed by atoms with E-state index >= 15 is 0 Å². The zero-order chi connectivity index (χ0) is 11.5. The van der Waals surface area contributed by atoms with E-state index in [-0.39, 0.29) is 10.9 Å². The molecule has 0 aliphatic rings. The van der Waals surface area contributed by atoms with Crippen LogP contribution in [-0.2, 0) is 9.71 Å². The topological polar surface area (TPSA) is 103 Å². The molecule has 0 saturated carbocycles. The van der Waals surface area contributed by atoms with Gasteiger partial charge in [-0.05, 0) is 39.8 Å². The normalized spacial score (nSPS) is 11.1. The van der Waals surface area contributed by atoms with E-state index in [1.54, 1.807) is 0 Å². The van der Waals surface area contributed by atoms with E-state index in [9.17, 15) is 9.79 Å². The highest BCUT2D eigenvalue weighted by atomic mass is 127. The van der Waals surface area contributed by atoms with Crippen molar-refractivity contribution in [3.8, 4) is 6.07 Å². The van der Waals surface area contributed by atoms with Crippen LogP contribution in [0.4, 0.5) is 0 Å². The third kappa shape index (κ3) is 3.06. The lowest BCUT2D eigenvalue weighted by Crippen LogP contribution is -2.16. The predicted molar refractivity (Wildman–Crippen MR) is 59.7 cm³/mol. The van der Waals surface area contributed by atoms with Crippen LogP contribution in [0.1, 0.15) is 5.56 Å². The van der Waals surface area contributed by atoms with Gasteiger partial charge >= 0.3 is 7.94 Å². The highest BCUT2D eigenvalue weighted by molar-refractivity contribution is 14.1. The van der Waals surface area contributed by atoms with Crippen molar-refractivity contribution in [1.29, 1.82) is 5.26 Å². The fourth-order valence-corrected chi connectivity index (χ4v) is 3.00. The van der Waals surface area contributed by atoms with Crippen LogP contribution in [0.25, 0.3) is 0 Å². The Morgan fingerprint density at radius 3 is 2.60 bits per heavy atom. The molecule has 8 heteroatoms. The summed E-state index contributed by atoms with van der Waals surface area (Å²) in [5, 5.41) is 19.9. The minimum Gasteiger partial charge on any atom is -0.218 e. The number of benzene rings is 1. The second kappa shape index (κ2) is 5.14. The average molecular weight is 342 g/mol. The first-order valence-corrected chi connectivity index (χ1v) is 6.25. The Bertz CT molecular complexity index is 405. The molecule has 0 aliphatic carbocycles. The minimum absolute atomic E-state index is 0.0104. The number of hydrogen-bond acceptors (Lipinski definition) is 6. The summed E-state index contributed by atoms with van der Waals surface area (Å²) < 4.78 is 4.45. The van der Waals surface area contributed by atoms with Gasteiger partial charge in [0.25, 0.3) is 0 Å². The Hall–Kier alpha value is -0.330. The van der Waals surface area contributed by atoms with Gasteiger partial charge in [-0.3, -0.25) is 0 Å². The van der Waals surface area contributed by atoms with Crippen molar-refractivity contribution in [3.05, 3.63) is 27.3 Å². The van der Waals surface area contributed by atoms with E-state index in [0.717, 1.165) is 0 Å². The van der Waals surface area contributed by atoms with Gasteiger partial charge < -0.3 is 0 Å². The zero-order valence-corrected chi connectivity index (χ0v) is 10.2. The van der Waals surface area contributed by atoms with E-state index < -0.39 is 7.94 Å². The number of nitriles is 1. The molecule has 1 aromatic rings. The van der Waals surface area contributed by atoms with Gasteiger partial charge in [-0.15, -0.1) is 0 Å². The molecule has 0 saturated heterocycles. The second-order valence-electron chi connectivity index (χ2n) is 2.47. The quantitative estimate of drug-likeness (QED) is 0.327. The molecule has 0 aromatic heterocycles. The largest absolute Gasteiger partial charge is 0.486 e. The highest BCUT2D eigenvalue weighted by Crippen LogP contribution is 2.50. The van der Waals surface area contributed by atoms with E-state index in [4.69, 9.17) is 10.5 Å². The Morgan fingerprint density at radius 2 is 2.07 bits per heavy atom. The molecule has 0 atom stereocenters. The molecule has 1 aromatic carbocycles. The average Bonchev–Trinajstić information content (AvgIpc) is 2.18. The molecule has 0 aliphatic heterocycles. The fourth-order valence-electron chi connectivity index (χ4n) is 0.892. The van der Waals surface area contributed by atoms with Gasteiger partial charge in [0, 0.05) is 10.7 Å². The van der Waals surface area contributed by atoms with Crippen molar-refractivity contribution in [1.82, 2.24) is 0 Å². The first-order valence-electron chi connectivity index (χ1n) is 3.56. The van der Waals surface area contributed by atoms with E-state index in [1.807, 2.05) is 28.7 Å². The maximum absolute atomic E-state index is 9.43.